The van der Waals surface area contributed by atoms with E-state index in [0.29, 0.717) is 6.10 Å². The van der Waals surface area contributed by atoms with Crippen molar-refractivity contribution in [3.63, 3.8) is 0 Å². The molecule has 0 bridgehead atoms. The molecule has 0 amide bonds. The maximum atomic E-state index is 9.38. The van der Waals surface area contributed by atoms with Gasteiger partial charge in [0.05, 0.1) is 6.61 Å². The van der Waals surface area contributed by atoms with Gasteiger partial charge >= 0.3 is 0 Å². The fourth-order valence-corrected chi connectivity index (χ4v) is 2.44. The fraction of sp³-hybridized carbons (Fsp3) is 0.538. The van der Waals surface area contributed by atoms with Crippen molar-refractivity contribution in [2.24, 2.45) is 0 Å². The Kier molecular flexibility index (Phi) is 1.84. The zero-order valence-corrected chi connectivity index (χ0v) is 8.99. The monoisotopic (exact) mass is 204 g/mol. The Morgan fingerprint density at radius 3 is 2.93 bits per heavy atom. The van der Waals surface area contributed by atoms with Crippen molar-refractivity contribution in [3.05, 3.63) is 29.3 Å². The quantitative estimate of drug-likeness (QED) is 0.798. The van der Waals surface area contributed by atoms with Gasteiger partial charge in [0.1, 0.15) is 11.9 Å². The Balaban J connectivity index is 1.97. The van der Waals surface area contributed by atoms with Gasteiger partial charge in [-0.15, -0.1) is 0 Å². The average Bonchev–Trinajstić information content (AvgIpc) is 2.94. The van der Waals surface area contributed by atoms with Crippen LogP contribution in [0.5, 0.6) is 5.75 Å². The van der Waals surface area contributed by atoms with Crippen LogP contribution in [0.25, 0.3) is 0 Å². The van der Waals surface area contributed by atoms with Gasteiger partial charge in [-0.25, -0.2) is 0 Å². The van der Waals surface area contributed by atoms with Crippen LogP contribution in [0.4, 0.5) is 0 Å². The highest BCUT2D eigenvalue weighted by Gasteiger charge is 2.44. The molecule has 1 atom stereocenters. The molecule has 1 N–H and O–H groups in total. The first-order valence-electron chi connectivity index (χ1n) is 5.64. The smallest absolute Gasteiger partial charge is 0.123 e. The van der Waals surface area contributed by atoms with Gasteiger partial charge in [-0.3, -0.25) is 0 Å². The van der Waals surface area contributed by atoms with Gasteiger partial charge in [-0.2, -0.15) is 0 Å². The molecule has 1 fully saturated rings. The van der Waals surface area contributed by atoms with Crippen LogP contribution in [0, 0.1) is 0 Å². The van der Waals surface area contributed by atoms with Crippen LogP contribution in [0.1, 0.15) is 30.9 Å². The maximum absolute atomic E-state index is 9.38. The molecule has 1 saturated carbocycles. The Labute approximate surface area is 89.9 Å². The van der Waals surface area contributed by atoms with Crippen molar-refractivity contribution in [3.8, 4) is 5.75 Å². The van der Waals surface area contributed by atoms with E-state index in [0.717, 1.165) is 25.0 Å². The number of aliphatic hydroxyl groups excluding tert-OH is 1. The first-order chi connectivity index (χ1) is 7.23. The molecule has 0 spiro atoms. The van der Waals surface area contributed by atoms with Gasteiger partial charge in [0, 0.05) is 11.8 Å². The summed E-state index contributed by atoms with van der Waals surface area (Å²) < 4.78 is 5.67. The summed E-state index contributed by atoms with van der Waals surface area (Å²) in [6.45, 7) is 2.38. The van der Waals surface area contributed by atoms with Gasteiger partial charge in [0.25, 0.3) is 0 Å². The van der Waals surface area contributed by atoms with Crippen LogP contribution < -0.4 is 4.74 Å². The lowest BCUT2D eigenvalue weighted by atomic mass is 9.94. The molecule has 80 valence electrons. The molecule has 1 aliphatic heterocycles. The lowest BCUT2D eigenvalue weighted by Crippen LogP contribution is -2.11. The van der Waals surface area contributed by atoms with Gasteiger partial charge in [-0.05, 0) is 37.0 Å². The maximum Gasteiger partial charge on any atom is 0.123 e. The van der Waals surface area contributed by atoms with Crippen LogP contribution in [-0.2, 0) is 11.8 Å². The standard InChI is InChI=1S/C13H16O2/c1-9-6-10-7-11(2-3-12(10)15-9)13(8-14)4-5-13/h2-3,7,9,14H,4-6,8H2,1H3. The average molecular weight is 204 g/mol. The molecule has 1 aromatic rings. The van der Waals surface area contributed by atoms with Gasteiger partial charge in [0.2, 0.25) is 0 Å². The highest BCUT2D eigenvalue weighted by atomic mass is 16.5. The summed E-state index contributed by atoms with van der Waals surface area (Å²) in [6, 6.07) is 6.39. The predicted molar refractivity (Wildman–Crippen MR) is 58.2 cm³/mol. The molecule has 1 aromatic carbocycles. The minimum Gasteiger partial charge on any atom is -0.490 e. The minimum atomic E-state index is 0.0842. The van der Waals surface area contributed by atoms with Crippen molar-refractivity contribution in [1.29, 1.82) is 0 Å². The van der Waals surface area contributed by atoms with Gasteiger partial charge in [0.15, 0.2) is 0 Å². The second kappa shape index (κ2) is 2.99. The molecule has 1 heterocycles. The molecule has 0 aromatic heterocycles. The van der Waals surface area contributed by atoms with Crippen LogP contribution in [0.3, 0.4) is 0 Å². The number of benzene rings is 1. The largest absolute Gasteiger partial charge is 0.490 e. The molecule has 2 nitrogen and oxygen atoms in total. The van der Waals surface area contributed by atoms with Gasteiger partial charge < -0.3 is 9.84 Å². The zero-order valence-electron chi connectivity index (χ0n) is 8.99. The van der Waals surface area contributed by atoms with E-state index in [-0.39, 0.29) is 12.0 Å². The third-order valence-corrected chi connectivity index (χ3v) is 3.66. The predicted octanol–water partition coefficient (Wildman–Crippen LogP) is 2.03. The Morgan fingerprint density at radius 2 is 2.27 bits per heavy atom. The molecular weight excluding hydrogens is 188 g/mol. The van der Waals surface area contributed by atoms with E-state index in [1.165, 1.54) is 11.1 Å². The number of ether oxygens (including phenoxy) is 1. The summed E-state index contributed by atoms with van der Waals surface area (Å²) in [5, 5.41) is 9.38. The minimum absolute atomic E-state index is 0.0842. The number of rotatable bonds is 2. The topological polar surface area (TPSA) is 29.5 Å². The van der Waals surface area contributed by atoms with Crippen LogP contribution in [0.2, 0.25) is 0 Å². The lowest BCUT2D eigenvalue weighted by molar-refractivity contribution is 0.253. The summed E-state index contributed by atoms with van der Waals surface area (Å²) in [7, 11) is 0. The molecule has 15 heavy (non-hydrogen) atoms. The van der Waals surface area contributed by atoms with E-state index in [9.17, 15) is 5.11 Å². The van der Waals surface area contributed by atoms with E-state index in [1.807, 2.05) is 0 Å². The molecule has 2 heteroatoms. The molecule has 2 aliphatic rings. The Bertz CT molecular complexity index is 394. The number of hydrogen-bond donors (Lipinski definition) is 1. The van der Waals surface area contributed by atoms with Crippen LogP contribution in [0.15, 0.2) is 18.2 Å². The lowest BCUT2D eigenvalue weighted by Gasteiger charge is -2.12. The van der Waals surface area contributed by atoms with E-state index < -0.39 is 0 Å². The van der Waals surface area contributed by atoms with Gasteiger partial charge in [-0.1, -0.05) is 12.1 Å². The summed E-state index contributed by atoms with van der Waals surface area (Å²) in [5.74, 6) is 1.03. The van der Waals surface area contributed by atoms with Crippen molar-refractivity contribution in [2.75, 3.05) is 6.61 Å². The third-order valence-electron chi connectivity index (χ3n) is 3.66. The van der Waals surface area contributed by atoms with E-state index in [1.54, 1.807) is 0 Å². The molecule has 3 rings (SSSR count). The first-order valence-corrected chi connectivity index (χ1v) is 5.64. The highest BCUT2D eigenvalue weighted by molar-refractivity contribution is 5.44. The van der Waals surface area contributed by atoms with Crippen molar-refractivity contribution >= 4 is 0 Å². The second-order valence-electron chi connectivity index (χ2n) is 4.89. The highest BCUT2D eigenvalue weighted by Crippen LogP contribution is 2.48. The summed E-state index contributed by atoms with van der Waals surface area (Å²) in [5.41, 5.74) is 2.68. The number of fused-ring (bicyclic) bond motifs is 1. The van der Waals surface area contributed by atoms with E-state index in [4.69, 9.17) is 4.74 Å². The number of hydrogen-bond acceptors (Lipinski definition) is 2. The molecule has 1 aliphatic carbocycles. The molecular formula is C13H16O2. The number of aliphatic hydroxyl groups is 1. The Hall–Kier alpha value is -1.02. The molecule has 0 saturated heterocycles. The summed E-state index contributed by atoms with van der Waals surface area (Å²) in [4.78, 5) is 0. The fourth-order valence-electron chi connectivity index (χ4n) is 2.44. The zero-order chi connectivity index (χ0) is 10.5. The first kappa shape index (κ1) is 9.22. The van der Waals surface area contributed by atoms with E-state index in [2.05, 4.69) is 25.1 Å². The third kappa shape index (κ3) is 1.36. The second-order valence-corrected chi connectivity index (χ2v) is 4.89. The van der Waals surface area contributed by atoms with Crippen molar-refractivity contribution < 1.29 is 9.84 Å². The van der Waals surface area contributed by atoms with Crippen molar-refractivity contribution in [1.82, 2.24) is 0 Å². The normalized spacial score (nSPS) is 25.9. The van der Waals surface area contributed by atoms with Crippen molar-refractivity contribution in [2.45, 2.75) is 37.7 Å². The molecule has 1 unspecified atom stereocenters. The summed E-state index contributed by atoms with van der Waals surface area (Å²) in [6.07, 6.45) is 3.56. The SMILES string of the molecule is CC1Cc2cc(C3(CO)CC3)ccc2O1. The Morgan fingerprint density at radius 1 is 1.47 bits per heavy atom. The van der Waals surface area contributed by atoms with Crippen LogP contribution >= 0.6 is 0 Å². The van der Waals surface area contributed by atoms with Crippen LogP contribution in [-0.4, -0.2) is 17.8 Å². The summed E-state index contributed by atoms with van der Waals surface area (Å²) >= 11 is 0. The molecule has 0 radical (unpaired) electrons. The van der Waals surface area contributed by atoms with E-state index >= 15 is 0 Å².